The van der Waals surface area contributed by atoms with Gasteiger partial charge in [0, 0.05) is 33.5 Å². The van der Waals surface area contributed by atoms with Crippen LogP contribution in [0.4, 0.5) is 4.39 Å². The van der Waals surface area contributed by atoms with Crippen LogP contribution in [0.3, 0.4) is 0 Å². The van der Waals surface area contributed by atoms with Crippen LogP contribution >= 0.6 is 11.6 Å². The lowest BCUT2D eigenvalue weighted by molar-refractivity contribution is -0.160. The molecular weight excluding hydrogens is 549 g/mol. The van der Waals surface area contributed by atoms with Crippen LogP contribution in [0.25, 0.3) is 39.5 Å². The van der Waals surface area contributed by atoms with E-state index in [9.17, 15) is 9.90 Å². The van der Waals surface area contributed by atoms with E-state index in [2.05, 4.69) is 9.97 Å². The molecule has 0 fully saturated rings. The third kappa shape index (κ3) is 4.81. The number of H-pyrrole nitrogens is 1. The number of fused-ring (bicyclic) bond motifs is 3. The standard InChI is InChI=1S/C30H29ClFN5O4/c1-14-17-7-6-10-40-26(17)19(32)12-18(14)25-24(27(29(38)39)41-30(3,4)5)15(2)33-23-13-22(36-37(23)25)28-34-20-9-8-16(31)11-21(20)35-28/h8-9,11-13,27H,6-7,10H2,1-5H3,(H,34,35)(H,38,39). The largest absolute Gasteiger partial charge is 0.490 e. The number of nitrogens with zero attached hydrogens (tertiary/aromatic N) is 4. The van der Waals surface area contributed by atoms with Crippen molar-refractivity contribution in [1.82, 2.24) is 24.6 Å². The fourth-order valence-corrected chi connectivity index (χ4v) is 5.59. The molecule has 6 rings (SSSR count). The van der Waals surface area contributed by atoms with Crippen molar-refractivity contribution in [3.63, 3.8) is 0 Å². The van der Waals surface area contributed by atoms with Crippen molar-refractivity contribution in [3.8, 4) is 28.5 Å². The first-order valence-electron chi connectivity index (χ1n) is 13.3. The fraction of sp³-hybridized carbons (Fsp3) is 0.333. The summed E-state index contributed by atoms with van der Waals surface area (Å²) >= 11 is 6.16. The molecule has 0 aliphatic carbocycles. The topological polar surface area (TPSA) is 115 Å². The molecule has 4 heterocycles. The Hall–Kier alpha value is -4.02. The lowest BCUT2D eigenvalue weighted by Crippen LogP contribution is -2.29. The molecule has 0 radical (unpaired) electrons. The zero-order valence-corrected chi connectivity index (χ0v) is 24.1. The van der Waals surface area contributed by atoms with E-state index in [0.29, 0.717) is 63.2 Å². The van der Waals surface area contributed by atoms with E-state index in [-0.39, 0.29) is 5.75 Å². The van der Waals surface area contributed by atoms with Gasteiger partial charge in [-0.3, -0.25) is 0 Å². The molecule has 0 bridgehead atoms. The van der Waals surface area contributed by atoms with Gasteiger partial charge in [0.1, 0.15) is 5.69 Å². The number of aliphatic carboxylic acids is 1. The Kier molecular flexibility index (Phi) is 6.50. The van der Waals surface area contributed by atoms with E-state index < -0.39 is 23.5 Å². The SMILES string of the molecule is Cc1nc2cc(-c3nc4ccc(Cl)cc4[nH]3)nn2c(-c2cc(F)c3c(c2C)CCCO3)c1C(OC(C)(C)C)C(=O)O. The minimum atomic E-state index is -1.39. The molecule has 41 heavy (non-hydrogen) atoms. The van der Waals surface area contributed by atoms with Crippen LogP contribution in [0, 0.1) is 19.7 Å². The Morgan fingerprint density at radius 3 is 2.73 bits per heavy atom. The van der Waals surface area contributed by atoms with Gasteiger partial charge in [-0.05, 0) is 77.3 Å². The van der Waals surface area contributed by atoms with Gasteiger partial charge in [-0.25, -0.2) is 23.7 Å². The maximum Gasteiger partial charge on any atom is 0.337 e. The zero-order valence-electron chi connectivity index (χ0n) is 23.3. The Bertz CT molecular complexity index is 1860. The van der Waals surface area contributed by atoms with Gasteiger partial charge in [0.25, 0.3) is 0 Å². The molecule has 0 spiro atoms. The maximum absolute atomic E-state index is 15.5. The van der Waals surface area contributed by atoms with Crippen LogP contribution in [0.5, 0.6) is 5.75 Å². The Morgan fingerprint density at radius 1 is 1.22 bits per heavy atom. The number of ether oxygens (including phenoxy) is 2. The lowest BCUT2D eigenvalue weighted by atomic mass is 9.91. The van der Waals surface area contributed by atoms with Crippen molar-refractivity contribution >= 4 is 34.3 Å². The molecule has 1 atom stereocenters. The molecule has 1 aliphatic heterocycles. The quantitative estimate of drug-likeness (QED) is 0.241. The minimum Gasteiger partial charge on any atom is -0.490 e. The first-order chi connectivity index (χ1) is 19.4. The Labute approximate surface area is 240 Å². The molecule has 2 N–H and O–H groups in total. The van der Waals surface area contributed by atoms with Gasteiger partial charge in [0.2, 0.25) is 0 Å². The number of carboxylic acids is 1. The molecule has 212 valence electrons. The second-order valence-corrected chi connectivity index (χ2v) is 11.7. The van der Waals surface area contributed by atoms with Gasteiger partial charge in [-0.15, -0.1) is 0 Å². The number of hydrogen-bond acceptors (Lipinski definition) is 6. The average Bonchev–Trinajstić information content (AvgIpc) is 3.52. The van der Waals surface area contributed by atoms with Crippen molar-refractivity contribution in [2.45, 2.75) is 59.2 Å². The van der Waals surface area contributed by atoms with Crippen molar-refractivity contribution in [1.29, 1.82) is 0 Å². The summed E-state index contributed by atoms with van der Waals surface area (Å²) < 4.78 is 28.8. The van der Waals surface area contributed by atoms with E-state index >= 15 is 4.39 Å². The molecule has 0 saturated heterocycles. The molecule has 11 heteroatoms. The Morgan fingerprint density at radius 2 is 2.00 bits per heavy atom. The summed E-state index contributed by atoms with van der Waals surface area (Å²) in [6, 6.07) is 8.48. The normalized spacial score (nSPS) is 14.3. The van der Waals surface area contributed by atoms with Crippen LogP contribution in [-0.4, -0.2) is 47.8 Å². The second kappa shape index (κ2) is 9.81. The van der Waals surface area contributed by atoms with Gasteiger partial charge in [-0.2, -0.15) is 5.10 Å². The Balaban J connectivity index is 1.66. The molecule has 1 unspecified atom stereocenters. The second-order valence-electron chi connectivity index (χ2n) is 11.2. The molecule has 1 aliphatic rings. The number of rotatable bonds is 5. The first kappa shape index (κ1) is 27.2. The highest BCUT2D eigenvalue weighted by Crippen LogP contribution is 2.42. The van der Waals surface area contributed by atoms with Crippen LogP contribution in [0.15, 0.2) is 30.3 Å². The average molecular weight is 578 g/mol. The van der Waals surface area contributed by atoms with Gasteiger partial charge < -0.3 is 19.6 Å². The highest BCUT2D eigenvalue weighted by atomic mass is 35.5. The number of hydrogen-bond donors (Lipinski definition) is 2. The predicted molar refractivity (Wildman–Crippen MR) is 153 cm³/mol. The van der Waals surface area contributed by atoms with Crippen molar-refractivity contribution in [2.24, 2.45) is 0 Å². The number of aromatic nitrogens is 5. The molecule has 0 amide bonds. The maximum atomic E-state index is 15.5. The van der Waals surface area contributed by atoms with Crippen LogP contribution in [0.2, 0.25) is 5.02 Å². The van der Waals surface area contributed by atoms with Crippen molar-refractivity contribution in [2.75, 3.05) is 6.61 Å². The summed E-state index contributed by atoms with van der Waals surface area (Å²) in [6.45, 7) is 9.41. The predicted octanol–water partition coefficient (Wildman–Crippen LogP) is 6.61. The van der Waals surface area contributed by atoms with E-state index in [1.54, 1.807) is 50.4 Å². The van der Waals surface area contributed by atoms with E-state index in [1.807, 2.05) is 13.0 Å². The summed E-state index contributed by atoms with van der Waals surface area (Å²) in [4.78, 5) is 25.3. The first-order valence-corrected chi connectivity index (χ1v) is 13.7. The van der Waals surface area contributed by atoms with E-state index in [1.165, 1.54) is 6.07 Å². The number of carboxylic acid groups (broad SMARTS) is 1. The van der Waals surface area contributed by atoms with E-state index in [0.717, 1.165) is 23.1 Å². The third-order valence-corrected chi connectivity index (χ3v) is 7.40. The van der Waals surface area contributed by atoms with Crippen LogP contribution < -0.4 is 4.74 Å². The number of carbonyl (C=O) groups is 1. The van der Waals surface area contributed by atoms with Gasteiger partial charge in [0.05, 0.1) is 28.9 Å². The summed E-state index contributed by atoms with van der Waals surface area (Å²) in [5.74, 6) is -0.977. The highest BCUT2D eigenvalue weighted by molar-refractivity contribution is 6.31. The number of benzene rings is 2. The molecular formula is C30H29ClFN5O4. The summed E-state index contributed by atoms with van der Waals surface area (Å²) in [6.07, 6.45) is 0.000260. The number of imidazole rings is 1. The van der Waals surface area contributed by atoms with Crippen molar-refractivity contribution < 1.29 is 23.8 Å². The number of aryl methyl sites for hydroxylation is 1. The van der Waals surface area contributed by atoms with Gasteiger partial charge in [-0.1, -0.05) is 11.6 Å². The van der Waals surface area contributed by atoms with Gasteiger partial charge >= 0.3 is 5.97 Å². The highest BCUT2D eigenvalue weighted by Gasteiger charge is 2.34. The molecule has 3 aromatic heterocycles. The monoisotopic (exact) mass is 577 g/mol. The minimum absolute atomic E-state index is 0.240. The molecule has 2 aromatic carbocycles. The van der Waals surface area contributed by atoms with E-state index in [4.69, 9.17) is 31.2 Å². The number of aromatic amines is 1. The molecule has 9 nitrogen and oxygen atoms in total. The van der Waals surface area contributed by atoms with Crippen LogP contribution in [-0.2, 0) is 16.0 Å². The fourth-order valence-electron chi connectivity index (χ4n) is 5.42. The third-order valence-electron chi connectivity index (χ3n) is 7.17. The van der Waals surface area contributed by atoms with Crippen LogP contribution in [0.1, 0.15) is 55.7 Å². The number of nitrogens with one attached hydrogen (secondary N) is 1. The summed E-state index contributed by atoms with van der Waals surface area (Å²) in [5, 5.41) is 15.8. The summed E-state index contributed by atoms with van der Waals surface area (Å²) in [7, 11) is 0. The smallest absolute Gasteiger partial charge is 0.337 e. The molecule has 0 saturated carbocycles. The van der Waals surface area contributed by atoms with Crippen molar-refractivity contribution in [3.05, 3.63) is 63.6 Å². The van der Waals surface area contributed by atoms with Gasteiger partial charge in [0.15, 0.2) is 29.1 Å². The molecule has 5 aromatic rings. The summed E-state index contributed by atoms with van der Waals surface area (Å²) in [5.41, 5.74) is 4.73. The lowest BCUT2D eigenvalue weighted by Gasteiger charge is -2.28. The zero-order chi connectivity index (χ0) is 29.2. The number of halogens is 2.